The predicted octanol–water partition coefficient (Wildman–Crippen LogP) is 3.88. The van der Waals surface area contributed by atoms with Crippen molar-refractivity contribution in [2.45, 2.75) is 32.0 Å². The highest BCUT2D eigenvalue weighted by Crippen LogP contribution is 2.28. The van der Waals surface area contributed by atoms with Crippen LogP contribution < -0.4 is 11.5 Å². The summed E-state index contributed by atoms with van der Waals surface area (Å²) in [4.78, 5) is 25.4. The molecule has 2 amide bonds. The molecule has 0 spiro atoms. The van der Waals surface area contributed by atoms with Crippen LogP contribution in [0.3, 0.4) is 0 Å². The van der Waals surface area contributed by atoms with Gasteiger partial charge in [-0.05, 0) is 36.2 Å². The summed E-state index contributed by atoms with van der Waals surface area (Å²) < 4.78 is 6.43. The quantitative estimate of drug-likeness (QED) is 0.434. The maximum absolute atomic E-state index is 12.2. The van der Waals surface area contributed by atoms with Gasteiger partial charge in [-0.3, -0.25) is 14.5 Å². The van der Waals surface area contributed by atoms with Gasteiger partial charge in [0.1, 0.15) is 0 Å². The van der Waals surface area contributed by atoms with Crippen molar-refractivity contribution in [3.63, 3.8) is 0 Å². The highest BCUT2D eigenvalue weighted by atomic mass is 79.9. The zero-order chi connectivity index (χ0) is 22.4. The zero-order valence-corrected chi connectivity index (χ0v) is 19.0. The summed E-state index contributed by atoms with van der Waals surface area (Å²) in [5.41, 5.74) is 13.3. The third-order valence-corrected chi connectivity index (χ3v) is 5.65. The lowest BCUT2D eigenvalue weighted by molar-refractivity contribution is -0.124. The predicted molar refractivity (Wildman–Crippen MR) is 122 cm³/mol. The number of rotatable bonds is 10. The molecule has 4 N–H and O–H groups in total. The highest BCUT2D eigenvalue weighted by Gasteiger charge is 2.26. The monoisotopic (exact) mass is 504 g/mol. The molecule has 9 heteroatoms. The van der Waals surface area contributed by atoms with Crippen molar-refractivity contribution >= 4 is 39.3 Å². The lowest BCUT2D eigenvalue weighted by atomic mass is 10.1. The molecule has 2 aromatic carbocycles. The molecule has 1 unspecified atom stereocenters. The number of primary amides is 2. The molecule has 0 saturated heterocycles. The fraction of sp³-hybridized carbons (Fsp3) is 0.227. The van der Waals surface area contributed by atoms with E-state index in [1.54, 1.807) is 12.1 Å². The third kappa shape index (κ3) is 6.40. The fourth-order valence-electron chi connectivity index (χ4n) is 3.27. The standard InChI is InChI=1S/C22H22BrClN4O3/c23-15-7-5-14(6-8-15)12-28(19(22(26)30)9-10-21(25)29)13-16-11-20(31-27-16)17-3-1-2-4-18(17)24/h1-8,11,19H,9-10,12-13H2,(H2,25,29)(H2,26,30). The second kappa shape index (κ2) is 10.6. The number of nitrogens with zero attached hydrogens (tertiary/aromatic N) is 2. The Morgan fingerprint density at radius 1 is 1.10 bits per heavy atom. The van der Waals surface area contributed by atoms with Crippen LogP contribution >= 0.6 is 27.5 Å². The molecule has 0 aliphatic heterocycles. The summed E-state index contributed by atoms with van der Waals surface area (Å²) in [5.74, 6) is -0.498. The van der Waals surface area contributed by atoms with Crippen LogP contribution in [0.2, 0.25) is 5.02 Å². The molecule has 1 heterocycles. The van der Waals surface area contributed by atoms with E-state index in [0.717, 1.165) is 15.6 Å². The topological polar surface area (TPSA) is 115 Å². The SMILES string of the molecule is NC(=O)CCC(C(N)=O)N(Cc1ccc(Br)cc1)Cc1cc(-c2ccccc2Cl)on1. The first-order valence-corrected chi connectivity index (χ1v) is 10.8. The largest absolute Gasteiger partial charge is 0.370 e. The third-order valence-electron chi connectivity index (χ3n) is 4.80. The lowest BCUT2D eigenvalue weighted by Crippen LogP contribution is -2.44. The number of hydrogen-bond donors (Lipinski definition) is 2. The molecule has 1 atom stereocenters. The second-order valence-corrected chi connectivity index (χ2v) is 8.44. The normalized spacial score (nSPS) is 12.1. The second-order valence-electron chi connectivity index (χ2n) is 7.12. The Morgan fingerprint density at radius 3 is 2.45 bits per heavy atom. The van der Waals surface area contributed by atoms with E-state index in [9.17, 15) is 9.59 Å². The highest BCUT2D eigenvalue weighted by molar-refractivity contribution is 9.10. The smallest absolute Gasteiger partial charge is 0.234 e. The summed E-state index contributed by atoms with van der Waals surface area (Å²) in [6.07, 6.45) is 0.268. The van der Waals surface area contributed by atoms with E-state index in [-0.39, 0.29) is 19.4 Å². The van der Waals surface area contributed by atoms with E-state index in [2.05, 4.69) is 21.1 Å². The number of halogens is 2. The van der Waals surface area contributed by atoms with Crippen molar-refractivity contribution < 1.29 is 14.1 Å². The minimum atomic E-state index is -0.698. The van der Waals surface area contributed by atoms with Crippen molar-refractivity contribution in [1.29, 1.82) is 0 Å². The van der Waals surface area contributed by atoms with Crippen molar-refractivity contribution in [2.24, 2.45) is 11.5 Å². The van der Waals surface area contributed by atoms with E-state index in [1.807, 2.05) is 47.4 Å². The van der Waals surface area contributed by atoms with Crippen LogP contribution in [0.4, 0.5) is 0 Å². The van der Waals surface area contributed by atoms with E-state index in [0.29, 0.717) is 23.0 Å². The number of benzene rings is 2. The van der Waals surface area contributed by atoms with Crippen LogP contribution in [0.1, 0.15) is 24.1 Å². The van der Waals surface area contributed by atoms with Gasteiger partial charge in [-0.25, -0.2) is 0 Å². The lowest BCUT2D eigenvalue weighted by Gasteiger charge is -2.28. The first-order valence-electron chi connectivity index (χ1n) is 9.60. The minimum Gasteiger partial charge on any atom is -0.370 e. The van der Waals surface area contributed by atoms with Gasteiger partial charge in [-0.1, -0.05) is 57.0 Å². The molecule has 0 aliphatic rings. The number of aromatic nitrogens is 1. The Bertz CT molecular complexity index is 1050. The van der Waals surface area contributed by atoms with Crippen LogP contribution in [0, 0.1) is 0 Å². The van der Waals surface area contributed by atoms with Gasteiger partial charge in [0, 0.05) is 35.6 Å². The maximum Gasteiger partial charge on any atom is 0.234 e. The van der Waals surface area contributed by atoms with E-state index >= 15 is 0 Å². The van der Waals surface area contributed by atoms with Gasteiger partial charge in [-0.15, -0.1) is 0 Å². The van der Waals surface area contributed by atoms with Gasteiger partial charge in [0.2, 0.25) is 11.8 Å². The number of nitrogens with two attached hydrogens (primary N) is 2. The molecule has 0 fully saturated rings. The molecule has 0 aliphatic carbocycles. The first kappa shape index (κ1) is 23.0. The number of carbonyl (C=O) groups excluding carboxylic acids is 2. The molecule has 162 valence electrons. The number of hydrogen-bond acceptors (Lipinski definition) is 5. The molecule has 31 heavy (non-hydrogen) atoms. The van der Waals surface area contributed by atoms with Gasteiger partial charge >= 0.3 is 0 Å². The minimum absolute atomic E-state index is 0.0497. The number of amides is 2. The summed E-state index contributed by atoms with van der Waals surface area (Å²) >= 11 is 9.67. The Labute approximate surface area is 193 Å². The van der Waals surface area contributed by atoms with Crippen LogP contribution in [0.15, 0.2) is 63.6 Å². The molecule has 3 rings (SSSR count). The molecular weight excluding hydrogens is 484 g/mol. The van der Waals surface area contributed by atoms with Gasteiger partial charge in [0.25, 0.3) is 0 Å². The average molecular weight is 506 g/mol. The van der Waals surface area contributed by atoms with Crippen LogP contribution in [0.5, 0.6) is 0 Å². The molecule has 3 aromatic rings. The summed E-state index contributed by atoms with van der Waals surface area (Å²) in [6.45, 7) is 0.713. The molecule has 0 saturated carbocycles. The first-order chi connectivity index (χ1) is 14.8. The Balaban J connectivity index is 1.86. The molecule has 0 radical (unpaired) electrons. The number of carbonyl (C=O) groups is 2. The maximum atomic E-state index is 12.2. The van der Waals surface area contributed by atoms with Gasteiger partial charge < -0.3 is 16.0 Å². The zero-order valence-electron chi connectivity index (χ0n) is 16.6. The van der Waals surface area contributed by atoms with Crippen molar-refractivity contribution in [3.05, 3.63) is 75.4 Å². The molecule has 0 bridgehead atoms. The Morgan fingerprint density at radius 2 is 1.81 bits per heavy atom. The van der Waals surface area contributed by atoms with E-state index < -0.39 is 17.9 Å². The Kier molecular flexibility index (Phi) is 7.84. The summed E-state index contributed by atoms with van der Waals surface area (Å²) in [5, 5.41) is 4.69. The molecule has 7 nitrogen and oxygen atoms in total. The molecular formula is C22H22BrClN4O3. The summed E-state index contributed by atoms with van der Waals surface area (Å²) in [6, 6.07) is 16.1. The average Bonchev–Trinajstić information content (AvgIpc) is 3.18. The van der Waals surface area contributed by atoms with Crippen molar-refractivity contribution in [2.75, 3.05) is 0 Å². The van der Waals surface area contributed by atoms with Crippen LogP contribution in [0.25, 0.3) is 11.3 Å². The van der Waals surface area contributed by atoms with Gasteiger partial charge in [-0.2, -0.15) is 0 Å². The van der Waals surface area contributed by atoms with Gasteiger partial charge in [0.05, 0.1) is 16.8 Å². The van der Waals surface area contributed by atoms with E-state index in [1.165, 1.54) is 0 Å². The summed E-state index contributed by atoms with van der Waals surface area (Å²) in [7, 11) is 0. The van der Waals surface area contributed by atoms with E-state index in [4.69, 9.17) is 27.6 Å². The van der Waals surface area contributed by atoms with Crippen molar-refractivity contribution in [1.82, 2.24) is 10.1 Å². The molecule has 1 aromatic heterocycles. The fourth-order valence-corrected chi connectivity index (χ4v) is 3.76. The van der Waals surface area contributed by atoms with Crippen LogP contribution in [-0.4, -0.2) is 27.9 Å². The van der Waals surface area contributed by atoms with Gasteiger partial charge in [0.15, 0.2) is 5.76 Å². The van der Waals surface area contributed by atoms with Crippen molar-refractivity contribution in [3.8, 4) is 11.3 Å². The van der Waals surface area contributed by atoms with Crippen LogP contribution in [-0.2, 0) is 22.7 Å². The Hall–Kier alpha value is -2.68.